The van der Waals surface area contributed by atoms with Gasteiger partial charge in [0.25, 0.3) is 0 Å². The fraction of sp³-hybridized carbons (Fsp3) is 0.117. The number of hydrogen-bond acceptors (Lipinski definition) is 2. The molecule has 3 aromatic heterocycles. The summed E-state index contributed by atoms with van der Waals surface area (Å²) in [6.45, 7) is 2.19. The first-order valence-electron chi connectivity index (χ1n) is 22.9. The van der Waals surface area contributed by atoms with Crippen LogP contribution in [0.25, 0.3) is 110 Å². The van der Waals surface area contributed by atoms with Gasteiger partial charge in [-0.1, -0.05) is 72.8 Å². The lowest BCUT2D eigenvalue weighted by Crippen LogP contribution is -2.05. The van der Waals surface area contributed by atoms with Gasteiger partial charge < -0.3 is 14.9 Å². The maximum atomic E-state index is 5.92. The molecule has 0 saturated carbocycles. The predicted octanol–water partition coefficient (Wildman–Crippen LogP) is 14.2. The Balaban J connectivity index is 0.987. The SMILES string of the molecule is C/C(=C\C=C/N)n1c2ccc(-c3ccc4c5c(cccc35)CC4)cc2c2cc3c(cc21)-c1cc2c(cc1CC3)c1cc(-c3ccc4c5c(cccc35)CC4)ccc1n2-c1cccnc1. The molecule has 0 saturated heterocycles. The van der Waals surface area contributed by atoms with Crippen LogP contribution in [0.2, 0.25) is 0 Å². The molecule has 0 atom stereocenters. The van der Waals surface area contributed by atoms with Crippen LogP contribution >= 0.6 is 0 Å². The van der Waals surface area contributed by atoms with Gasteiger partial charge in [0.2, 0.25) is 0 Å². The van der Waals surface area contributed by atoms with Gasteiger partial charge in [-0.3, -0.25) is 4.98 Å². The summed E-state index contributed by atoms with van der Waals surface area (Å²) in [4.78, 5) is 4.61. The zero-order chi connectivity index (χ0) is 42.2. The van der Waals surface area contributed by atoms with Gasteiger partial charge in [0.05, 0.1) is 34.0 Å². The van der Waals surface area contributed by atoms with Crippen molar-refractivity contribution < 1.29 is 0 Å². The molecule has 11 aromatic rings. The van der Waals surface area contributed by atoms with Crippen LogP contribution in [0.1, 0.15) is 40.3 Å². The fourth-order valence-electron chi connectivity index (χ4n) is 12.2. The second-order valence-corrected chi connectivity index (χ2v) is 18.3. The molecule has 0 radical (unpaired) electrons. The van der Waals surface area contributed by atoms with Gasteiger partial charge >= 0.3 is 0 Å². The highest BCUT2D eigenvalue weighted by Crippen LogP contribution is 2.46. The molecule has 4 nitrogen and oxygen atoms in total. The third-order valence-corrected chi connectivity index (χ3v) is 15.0. The summed E-state index contributed by atoms with van der Waals surface area (Å²) >= 11 is 0. The quantitative estimate of drug-likeness (QED) is 0.176. The van der Waals surface area contributed by atoms with Gasteiger partial charge in [-0.15, -0.1) is 0 Å². The van der Waals surface area contributed by atoms with E-state index in [-0.39, 0.29) is 0 Å². The standard InChI is InChI=1S/C60H44N4/c1-35(6-4-26-61)63-55-24-20-40(45-22-18-38-14-12-36-7-2-10-47(45)59(36)38)28-51(55)53-30-42-16-17-43-31-54-52-29-41(46-23-19-39-15-13-37-8-3-11-48(46)60(37)39)21-25-56(52)64(44-9-5-27-62-34-44)58(54)33-50(43)49(42)32-57(53)63/h2-11,18-34H,12-17,61H2,1H3/b26-4-,35-6+. The molecular formula is C60H44N4. The number of benzene rings is 8. The molecule has 0 fully saturated rings. The summed E-state index contributed by atoms with van der Waals surface area (Å²) in [5.41, 5.74) is 29.4. The van der Waals surface area contributed by atoms with Crippen molar-refractivity contribution in [1.82, 2.24) is 14.1 Å². The van der Waals surface area contributed by atoms with Crippen molar-refractivity contribution in [1.29, 1.82) is 0 Å². The lowest BCUT2D eigenvalue weighted by atomic mass is 9.84. The summed E-state index contributed by atoms with van der Waals surface area (Å²) < 4.78 is 4.86. The predicted molar refractivity (Wildman–Crippen MR) is 268 cm³/mol. The summed E-state index contributed by atoms with van der Waals surface area (Å²) in [6, 6.07) is 51.5. The van der Waals surface area contributed by atoms with Crippen LogP contribution < -0.4 is 5.73 Å². The van der Waals surface area contributed by atoms with Crippen molar-refractivity contribution in [3.05, 3.63) is 198 Å². The highest BCUT2D eigenvalue weighted by atomic mass is 15.0. The van der Waals surface area contributed by atoms with E-state index in [1.165, 1.54) is 132 Å². The molecule has 0 unspecified atom stereocenters. The number of allylic oxidation sites excluding steroid dienone is 3. The van der Waals surface area contributed by atoms with Crippen molar-refractivity contribution in [3.8, 4) is 39.1 Å². The minimum Gasteiger partial charge on any atom is -0.405 e. The first kappa shape index (κ1) is 35.9. The Morgan fingerprint density at radius 2 is 1.03 bits per heavy atom. The number of rotatable bonds is 5. The van der Waals surface area contributed by atoms with Crippen LogP contribution in [0.3, 0.4) is 0 Å². The second kappa shape index (κ2) is 13.4. The average Bonchev–Trinajstić information content (AvgIpc) is 4.12. The molecule has 0 spiro atoms. The minimum absolute atomic E-state index is 0.989. The van der Waals surface area contributed by atoms with Crippen LogP contribution in [0.4, 0.5) is 0 Å². The second-order valence-electron chi connectivity index (χ2n) is 18.3. The van der Waals surface area contributed by atoms with Gasteiger partial charge in [-0.2, -0.15) is 0 Å². The molecule has 8 aromatic carbocycles. The summed E-state index contributed by atoms with van der Waals surface area (Å²) in [5.74, 6) is 0. The number of nitrogens with zero attached hydrogens (tertiary/aromatic N) is 3. The maximum Gasteiger partial charge on any atom is 0.0645 e. The van der Waals surface area contributed by atoms with E-state index in [9.17, 15) is 0 Å². The monoisotopic (exact) mass is 820 g/mol. The van der Waals surface area contributed by atoms with Gasteiger partial charge in [-0.05, 0) is 213 Å². The molecule has 14 rings (SSSR count). The van der Waals surface area contributed by atoms with Gasteiger partial charge in [0.15, 0.2) is 0 Å². The minimum atomic E-state index is 0.989. The van der Waals surface area contributed by atoms with Crippen LogP contribution in [0.15, 0.2) is 164 Å². The number of pyridine rings is 1. The third-order valence-electron chi connectivity index (χ3n) is 15.0. The largest absolute Gasteiger partial charge is 0.405 e. The van der Waals surface area contributed by atoms with E-state index in [1.54, 1.807) is 6.20 Å². The van der Waals surface area contributed by atoms with Gasteiger partial charge in [0, 0.05) is 33.4 Å². The van der Waals surface area contributed by atoms with E-state index < -0.39 is 0 Å². The Kier molecular flexibility index (Phi) is 7.51. The highest BCUT2D eigenvalue weighted by molar-refractivity contribution is 6.16. The Morgan fingerprint density at radius 1 is 0.484 bits per heavy atom. The summed E-state index contributed by atoms with van der Waals surface area (Å²) in [5, 5.41) is 10.8. The Labute approximate surface area is 371 Å². The van der Waals surface area contributed by atoms with Crippen molar-refractivity contribution in [2.45, 2.75) is 45.4 Å². The molecule has 64 heavy (non-hydrogen) atoms. The molecule has 0 bridgehead atoms. The Morgan fingerprint density at radius 3 is 1.64 bits per heavy atom. The lowest BCUT2D eigenvalue weighted by molar-refractivity contribution is 0.946. The third kappa shape index (κ3) is 5.02. The molecule has 0 aliphatic heterocycles. The maximum absolute atomic E-state index is 5.92. The van der Waals surface area contributed by atoms with E-state index in [0.29, 0.717) is 0 Å². The van der Waals surface area contributed by atoms with Crippen molar-refractivity contribution in [3.63, 3.8) is 0 Å². The lowest BCUT2D eigenvalue weighted by Gasteiger charge is -2.21. The van der Waals surface area contributed by atoms with Crippen molar-refractivity contribution in [2.24, 2.45) is 5.73 Å². The number of aryl methyl sites for hydroxylation is 6. The molecule has 3 heterocycles. The van der Waals surface area contributed by atoms with E-state index in [0.717, 1.165) is 49.9 Å². The molecule has 3 aliphatic carbocycles. The molecule has 304 valence electrons. The van der Waals surface area contributed by atoms with Crippen molar-refractivity contribution in [2.75, 3.05) is 0 Å². The topological polar surface area (TPSA) is 48.8 Å². The fourth-order valence-corrected chi connectivity index (χ4v) is 12.2. The number of fused-ring (bicyclic) bond motifs is 9. The normalized spacial score (nSPS) is 14.4. The van der Waals surface area contributed by atoms with Gasteiger partial charge in [-0.25, -0.2) is 0 Å². The molecule has 2 N–H and O–H groups in total. The van der Waals surface area contributed by atoms with E-state index in [1.807, 2.05) is 24.5 Å². The highest BCUT2D eigenvalue weighted by Gasteiger charge is 2.25. The van der Waals surface area contributed by atoms with Crippen LogP contribution in [0.5, 0.6) is 0 Å². The first-order chi connectivity index (χ1) is 31.6. The molecule has 3 aliphatic rings. The van der Waals surface area contributed by atoms with Crippen LogP contribution in [0, 0.1) is 0 Å². The molecular weight excluding hydrogens is 777 g/mol. The van der Waals surface area contributed by atoms with E-state index in [4.69, 9.17) is 5.73 Å². The molecule has 4 heteroatoms. The van der Waals surface area contributed by atoms with Gasteiger partial charge in [0.1, 0.15) is 0 Å². The van der Waals surface area contributed by atoms with Crippen LogP contribution in [-0.2, 0) is 38.5 Å². The number of aromatic nitrogens is 3. The smallest absolute Gasteiger partial charge is 0.0645 e. The van der Waals surface area contributed by atoms with E-state index >= 15 is 0 Å². The zero-order valence-corrected chi connectivity index (χ0v) is 35.8. The molecule has 0 amide bonds. The Hall–Kier alpha value is -7.69. The van der Waals surface area contributed by atoms with Crippen molar-refractivity contribution >= 4 is 70.9 Å². The summed E-state index contributed by atoms with van der Waals surface area (Å²) in [7, 11) is 0. The number of nitrogens with two attached hydrogens (primary N) is 1. The average molecular weight is 821 g/mol. The first-order valence-corrected chi connectivity index (χ1v) is 22.9. The van der Waals surface area contributed by atoms with Crippen LogP contribution in [-0.4, -0.2) is 14.1 Å². The number of hydrogen-bond donors (Lipinski definition) is 1. The Bertz CT molecular complexity index is 3890. The van der Waals surface area contributed by atoms with E-state index in [2.05, 4.69) is 155 Å². The summed E-state index contributed by atoms with van der Waals surface area (Å²) in [6.07, 6.45) is 16.0. The zero-order valence-electron chi connectivity index (χ0n) is 35.8.